The molecule has 0 bridgehead atoms. The summed E-state index contributed by atoms with van der Waals surface area (Å²) in [6.07, 6.45) is 12.3. The molecule has 0 aliphatic rings. The van der Waals surface area contributed by atoms with E-state index in [2.05, 4.69) is 59.8 Å². The van der Waals surface area contributed by atoms with Crippen LogP contribution in [-0.2, 0) is 0 Å². The zero-order valence-corrected chi connectivity index (χ0v) is 23.9. The van der Waals surface area contributed by atoms with Gasteiger partial charge in [-0.25, -0.2) is 4.79 Å². The second-order valence-corrected chi connectivity index (χ2v) is 10.2. The first-order valence-electron chi connectivity index (χ1n) is 13.2. The number of allylic oxidation sites excluding steroid dienone is 6. The predicted octanol–water partition coefficient (Wildman–Crippen LogP) is 8.72. The molecule has 0 aliphatic carbocycles. The number of fused-ring (bicyclic) bond motifs is 1. The van der Waals surface area contributed by atoms with Gasteiger partial charge < -0.3 is 18.6 Å². The highest BCUT2D eigenvalue weighted by Crippen LogP contribution is 2.37. The molecular formula is C32H44O5. The van der Waals surface area contributed by atoms with Crippen molar-refractivity contribution in [3.8, 4) is 17.2 Å². The molecule has 0 saturated heterocycles. The molecular weight excluding hydrogens is 464 g/mol. The van der Waals surface area contributed by atoms with Gasteiger partial charge in [-0.3, -0.25) is 0 Å². The van der Waals surface area contributed by atoms with Crippen LogP contribution in [0.15, 0.2) is 74.0 Å². The van der Waals surface area contributed by atoms with Gasteiger partial charge in [-0.1, -0.05) is 40.5 Å². The maximum Gasteiger partial charge on any atom is 0.383 e. The molecule has 0 aliphatic heterocycles. The minimum atomic E-state index is -0.579. The Morgan fingerprint density at radius 3 is 1.92 bits per heavy atom. The van der Waals surface area contributed by atoms with Crippen LogP contribution in [0.2, 0.25) is 0 Å². The van der Waals surface area contributed by atoms with Crippen molar-refractivity contribution in [1.29, 1.82) is 0 Å². The number of para-hydroxylation sites is 1. The number of rotatable bonds is 14. The molecule has 0 N–H and O–H groups in total. The summed E-state index contributed by atoms with van der Waals surface area (Å²) in [4.78, 5) is 12.9. The van der Waals surface area contributed by atoms with Crippen LogP contribution in [0, 0.1) is 0 Å². The van der Waals surface area contributed by atoms with Gasteiger partial charge in [-0.15, -0.1) is 0 Å². The number of hydrogen-bond donors (Lipinski definition) is 0. The van der Waals surface area contributed by atoms with Crippen molar-refractivity contribution in [2.45, 2.75) is 87.2 Å². The molecule has 5 nitrogen and oxygen atoms in total. The SMILES string of the molecule is CC(C)=CCCC(C)=CCOc1c(OC(C)C)c(=O)oc2c(OCC=C(C)CCC=C(C)C)cccc12. The molecule has 2 aromatic rings. The standard InChI is InChI=1S/C32H44O5/c1-22(2)12-9-14-25(7)18-20-34-28-17-11-16-27-29(28)37-32(33)31(36-24(5)6)30(27)35-21-19-26(8)15-10-13-23(3)4/h11-13,16-19,24H,9-10,14-15,20-21H2,1-8H3. The smallest absolute Gasteiger partial charge is 0.383 e. The van der Waals surface area contributed by atoms with Gasteiger partial charge in [0.05, 0.1) is 11.5 Å². The zero-order valence-electron chi connectivity index (χ0n) is 23.9. The van der Waals surface area contributed by atoms with Gasteiger partial charge in [-0.05, 0) is 105 Å². The maximum absolute atomic E-state index is 12.9. The Labute approximate surface area is 222 Å². The van der Waals surface area contributed by atoms with Crippen LogP contribution in [0.5, 0.6) is 17.2 Å². The van der Waals surface area contributed by atoms with Gasteiger partial charge in [0.1, 0.15) is 13.2 Å². The highest BCUT2D eigenvalue weighted by molar-refractivity contribution is 5.89. The van der Waals surface area contributed by atoms with E-state index in [-0.39, 0.29) is 11.9 Å². The van der Waals surface area contributed by atoms with Crippen molar-refractivity contribution >= 4 is 11.0 Å². The summed E-state index contributed by atoms with van der Waals surface area (Å²) in [5.74, 6) is 0.967. The van der Waals surface area contributed by atoms with Crippen molar-refractivity contribution in [3.05, 3.63) is 75.2 Å². The van der Waals surface area contributed by atoms with E-state index in [1.807, 2.05) is 32.1 Å². The fourth-order valence-corrected chi connectivity index (χ4v) is 3.67. The Bertz CT molecular complexity index is 1200. The molecule has 0 fully saturated rings. The van der Waals surface area contributed by atoms with E-state index >= 15 is 0 Å². The average Bonchev–Trinajstić information content (AvgIpc) is 2.80. The monoisotopic (exact) mass is 508 g/mol. The normalized spacial score (nSPS) is 12.0. The van der Waals surface area contributed by atoms with Crippen LogP contribution in [0.4, 0.5) is 0 Å². The first-order valence-corrected chi connectivity index (χ1v) is 13.2. The van der Waals surface area contributed by atoms with Crippen molar-refractivity contribution in [1.82, 2.24) is 0 Å². The summed E-state index contributed by atoms with van der Waals surface area (Å²) >= 11 is 0. The van der Waals surface area contributed by atoms with Crippen LogP contribution in [0.3, 0.4) is 0 Å². The summed E-state index contributed by atoms with van der Waals surface area (Å²) in [7, 11) is 0. The van der Waals surface area contributed by atoms with Crippen LogP contribution in [0.1, 0.15) is 81.1 Å². The van der Waals surface area contributed by atoms with Gasteiger partial charge in [0.2, 0.25) is 5.75 Å². The highest BCUT2D eigenvalue weighted by atomic mass is 16.5. The summed E-state index contributed by atoms with van der Waals surface area (Å²) in [6.45, 7) is 17.1. The molecule has 202 valence electrons. The second-order valence-electron chi connectivity index (χ2n) is 10.2. The molecule has 1 aromatic carbocycles. The number of benzene rings is 1. The van der Waals surface area contributed by atoms with Gasteiger partial charge in [0, 0.05) is 0 Å². The Morgan fingerprint density at radius 2 is 1.38 bits per heavy atom. The predicted molar refractivity (Wildman–Crippen MR) is 154 cm³/mol. The van der Waals surface area contributed by atoms with Crippen LogP contribution in [0.25, 0.3) is 11.0 Å². The third kappa shape index (κ3) is 10.4. The van der Waals surface area contributed by atoms with E-state index < -0.39 is 5.63 Å². The highest BCUT2D eigenvalue weighted by Gasteiger charge is 2.21. The van der Waals surface area contributed by atoms with Crippen LogP contribution < -0.4 is 19.8 Å². The Morgan fingerprint density at radius 1 is 0.811 bits per heavy atom. The third-order valence-electron chi connectivity index (χ3n) is 5.68. The molecule has 0 spiro atoms. The van der Waals surface area contributed by atoms with Gasteiger partial charge in [0.15, 0.2) is 17.1 Å². The lowest BCUT2D eigenvalue weighted by molar-refractivity contribution is 0.216. The fourth-order valence-electron chi connectivity index (χ4n) is 3.67. The van der Waals surface area contributed by atoms with Gasteiger partial charge in [0.25, 0.3) is 0 Å². The summed E-state index contributed by atoms with van der Waals surface area (Å²) in [5, 5.41) is 0.646. The van der Waals surface area contributed by atoms with E-state index in [0.29, 0.717) is 35.7 Å². The second kappa shape index (κ2) is 15.1. The molecule has 5 heteroatoms. The molecule has 0 amide bonds. The number of hydrogen-bond acceptors (Lipinski definition) is 5. The molecule has 0 radical (unpaired) electrons. The molecule has 1 heterocycles. The zero-order chi connectivity index (χ0) is 27.4. The minimum Gasteiger partial charge on any atom is -0.486 e. The first kappa shape index (κ1) is 30.0. The van der Waals surface area contributed by atoms with Crippen molar-refractivity contribution in [3.63, 3.8) is 0 Å². The summed E-state index contributed by atoms with van der Waals surface area (Å²) < 4.78 is 23.7. The third-order valence-corrected chi connectivity index (χ3v) is 5.68. The topological polar surface area (TPSA) is 57.9 Å². The molecule has 2 rings (SSSR count). The molecule has 0 unspecified atom stereocenters. The summed E-state index contributed by atoms with van der Waals surface area (Å²) in [5.41, 5.74) is 4.90. The number of ether oxygens (including phenoxy) is 3. The molecule has 1 aromatic heterocycles. The summed E-state index contributed by atoms with van der Waals surface area (Å²) in [6, 6.07) is 5.53. The lowest BCUT2D eigenvalue weighted by Crippen LogP contribution is -2.15. The van der Waals surface area contributed by atoms with Crippen LogP contribution >= 0.6 is 0 Å². The van der Waals surface area contributed by atoms with E-state index in [0.717, 1.165) is 25.7 Å². The Balaban J connectivity index is 2.29. The van der Waals surface area contributed by atoms with E-state index in [1.54, 1.807) is 6.07 Å². The van der Waals surface area contributed by atoms with E-state index in [1.165, 1.54) is 22.3 Å². The van der Waals surface area contributed by atoms with E-state index in [4.69, 9.17) is 18.6 Å². The van der Waals surface area contributed by atoms with Crippen molar-refractivity contribution < 1.29 is 18.6 Å². The average molecular weight is 509 g/mol. The lowest BCUT2D eigenvalue weighted by Gasteiger charge is -2.16. The van der Waals surface area contributed by atoms with Crippen molar-refractivity contribution in [2.24, 2.45) is 0 Å². The van der Waals surface area contributed by atoms with Crippen LogP contribution in [-0.4, -0.2) is 19.3 Å². The largest absolute Gasteiger partial charge is 0.486 e. The first-order chi connectivity index (χ1) is 17.6. The van der Waals surface area contributed by atoms with Gasteiger partial charge in [-0.2, -0.15) is 0 Å². The molecule has 37 heavy (non-hydrogen) atoms. The Kier molecular flexibility index (Phi) is 12.3. The molecule has 0 saturated carbocycles. The lowest BCUT2D eigenvalue weighted by atomic mass is 10.1. The van der Waals surface area contributed by atoms with Crippen molar-refractivity contribution in [2.75, 3.05) is 13.2 Å². The molecule has 0 atom stereocenters. The minimum absolute atomic E-state index is 0.0882. The quantitative estimate of drug-likeness (QED) is 0.189. The van der Waals surface area contributed by atoms with E-state index in [9.17, 15) is 4.79 Å². The fraction of sp³-hybridized carbons (Fsp3) is 0.469. The van der Waals surface area contributed by atoms with Gasteiger partial charge >= 0.3 is 5.63 Å². The Hall–Kier alpha value is -3.21. The maximum atomic E-state index is 12.9.